The average Bonchev–Trinajstić information content (AvgIpc) is 2.95. The second-order valence-corrected chi connectivity index (χ2v) is 8.12. The van der Waals surface area contributed by atoms with Crippen molar-refractivity contribution in [2.24, 2.45) is 5.92 Å². The van der Waals surface area contributed by atoms with Gasteiger partial charge in [-0.15, -0.1) is 21.5 Å². The fourth-order valence-electron chi connectivity index (χ4n) is 1.46. The monoisotopic (exact) mass is 371 g/mol. The lowest BCUT2D eigenvalue weighted by atomic mass is 10.1. The van der Waals surface area contributed by atoms with Crippen LogP contribution in [0.5, 0.6) is 0 Å². The zero-order chi connectivity index (χ0) is 14.5. The third kappa shape index (κ3) is 4.81. The molecule has 0 unspecified atom stereocenters. The molecule has 1 amide bonds. The lowest BCUT2D eigenvalue weighted by molar-refractivity contribution is -0.111. The van der Waals surface area contributed by atoms with E-state index in [9.17, 15) is 4.79 Å². The molecule has 2 aromatic heterocycles. The molecule has 7 heteroatoms. The number of halogens is 1. The minimum Gasteiger partial charge on any atom is -0.297 e. The van der Waals surface area contributed by atoms with Crippen molar-refractivity contribution in [3.05, 3.63) is 31.9 Å². The van der Waals surface area contributed by atoms with Crippen LogP contribution in [0.15, 0.2) is 22.0 Å². The van der Waals surface area contributed by atoms with Crippen molar-refractivity contribution in [1.29, 1.82) is 0 Å². The lowest BCUT2D eigenvalue weighted by Crippen LogP contribution is -2.07. The van der Waals surface area contributed by atoms with Gasteiger partial charge in [-0.2, -0.15) is 0 Å². The third-order valence-electron chi connectivity index (χ3n) is 2.27. The van der Waals surface area contributed by atoms with Gasteiger partial charge in [-0.3, -0.25) is 10.1 Å². The molecule has 0 atom stereocenters. The van der Waals surface area contributed by atoms with E-state index >= 15 is 0 Å². The number of carbonyl (C=O) groups excluding carboxylic acids is 1. The van der Waals surface area contributed by atoms with Crippen molar-refractivity contribution < 1.29 is 4.79 Å². The molecule has 0 saturated carbocycles. The number of nitrogens with zero attached hydrogens (tertiary/aromatic N) is 2. The number of nitrogens with one attached hydrogen (secondary N) is 1. The maximum absolute atomic E-state index is 11.8. The number of anilines is 1. The summed E-state index contributed by atoms with van der Waals surface area (Å²) >= 11 is 6.38. The van der Waals surface area contributed by atoms with Gasteiger partial charge in [0.2, 0.25) is 11.0 Å². The molecule has 20 heavy (non-hydrogen) atoms. The highest BCUT2D eigenvalue weighted by Gasteiger charge is 2.07. The van der Waals surface area contributed by atoms with Crippen LogP contribution in [-0.4, -0.2) is 16.1 Å². The Balaban J connectivity index is 1.91. The van der Waals surface area contributed by atoms with Gasteiger partial charge in [0.05, 0.1) is 3.79 Å². The van der Waals surface area contributed by atoms with Gasteiger partial charge in [-0.05, 0) is 40.1 Å². The van der Waals surface area contributed by atoms with Gasteiger partial charge in [-0.25, -0.2) is 0 Å². The molecule has 1 N–H and O–H groups in total. The Kier molecular flexibility index (Phi) is 5.45. The highest BCUT2D eigenvalue weighted by Crippen LogP contribution is 2.23. The number of rotatable bonds is 5. The number of aromatic nitrogens is 2. The van der Waals surface area contributed by atoms with Gasteiger partial charge < -0.3 is 0 Å². The molecule has 0 bridgehead atoms. The Morgan fingerprint density at radius 1 is 1.40 bits per heavy atom. The van der Waals surface area contributed by atoms with E-state index in [1.165, 1.54) is 17.4 Å². The Hall–Kier alpha value is -1.05. The topological polar surface area (TPSA) is 54.9 Å². The molecule has 0 saturated heterocycles. The normalized spacial score (nSPS) is 11.4. The van der Waals surface area contributed by atoms with E-state index in [-0.39, 0.29) is 5.91 Å². The Morgan fingerprint density at radius 2 is 2.20 bits per heavy atom. The Morgan fingerprint density at radius 3 is 2.85 bits per heavy atom. The summed E-state index contributed by atoms with van der Waals surface area (Å²) in [5.41, 5.74) is 0. The molecular formula is C13H14BrN3OS2. The quantitative estimate of drug-likeness (QED) is 0.800. The van der Waals surface area contributed by atoms with E-state index in [2.05, 4.69) is 45.3 Å². The molecule has 0 aromatic carbocycles. The van der Waals surface area contributed by atoms with Crippen molar-refractivity contribution >= 4 is 55.7 Å². The summed E-state index contributed by atoms with van der Waals surface area (Å²) in [5, 5.41) is 12.2. The van der Waals surface area contributed by atoms with Gasteiger partial charge in [-0.1, -0.05) is 25.2 Å². The van der Waals surface area contributed by atoms with E-state index < -0.39 is 0 Å². The average molecular weight is 372 g/mol. The lowest BCUT2D eigenvalue weighted by Gasteiger charge is -1.97. The highest BCUT2D eigenvalue weighted by molar-refractivity contribution is 9.11. The summed E-state index contributed by atoms with van der Waals surface area (Å²) in [6, 6.07) is 3.90. The third-order valence-corrected chi connectivity index (χ3v) is 4.72. The number of carbonyl (C=O) groups is 1. The number of hydrogen-bond acceptors (Lipinski definition) is 5. The van der Waals surface area contributed by atoms with Crippen LogP contribution in [0.1, 0.15) is 23.7 Å². The second-order valence-electron chi connectivity index (χ2n) is 4.56. The number of hydrogen-bond donors (Lipinski definition) is 1. The van der Waals surface area contributed by atoms with E-state index in [4.69, 9.17) is 0 Å². The molecule has 2 aromatic rings. The maximum Gasteiger partial charge on any atom is 0.250 e. The summed E-state index contributed by atoms with van der Waals surface area (Å²) < 4.78 is 1.04. The Bertz CT molecular complexity index is 619. The van der Waals surface area contributed by atoms with Gasteiger partial charge in [0.1, 0.15) is 5.01 Å². The first-order valence-electron chi connectivity index (χ1n) is 6.09. The van der Waals surface area contributed by atoms with E-state index in [0.29, 0.717) is 11.0 Å². The molecule has 2 rings (SSSR count). The summed E-state index contributed by atoms with van der Waals surface area (Å²) in [6.45, 7) is 4.25. The molecule has 106 valence electrons. The predicted octanol–water partition coefficient (Wildman–Crippen LogP) is 4.21. The van der Waals surface area contributed by atoms with Crippen LogP contribution in [-0.2, 0) is 11.2 Å². The largest absolute Gasteiger partial charge is 0.297 e. The maximum atomic E-state index is 11.8. The van der Waals surface area contributed by atoms with Crippen LogP contribution in [0.2, 0.25) is 0 Å². The fraction of sp³-hybridized carbons (Fsp3) is 0.308. The van der Waals surface area contributed by atoms with Gasteiger partial charge in [0, 0.05) is 17.4 Å². The van der Waals surface area contributed by atoms with E-state index in [1.54, 1.807) is 17.4 Å². The minimum atomic E-state index is -0.193. The van der Waals surface area contributed by atoms with Crippen molar-refractivity contribution in [2.45, 2.75) is 20.3 Å². The van der Waals surface area contributed by atoms with Gasteiger partial charge in [0.25, 0.3) is 0 Å². The van der Waals surface area contributed by atoms with Crippen LogP contribution in [0.3, 0.4) is 0 Å². The van der Waals surface area contributed by atoms with Crippen molar-refractivity contribution in [2.75, 3.05) is 5.32 Å². The zero-order valence-corrected chi connectivity index (χ0v) is 14.3. The van der Waals surface area contributed by atoms with Crippen LogP contribution in [0.25, 0.3) is 6.08 Å². The summed E-state index contributed by atoms with van der Waals surface area (Å²) in [4.78, 5) is 12.8. The van der Waals surface area contributed by atoms with E-state index in [1.807, 2.05) is 12.1 Å². The second kappa shape index (κ2) is 7.10. The first kappa shape index (κ1) is 15.3. The molecule has 0 fully saturated rings. The Labute approximate surface area is 134 Å². The molecule has 0 radical (unpaired) electrons. The van der Waals surface area contributed by atoms with Crippen LogP contribution < -0.4 is 5.32 Å². The van der Waals surface area contributed by atoms with Crippen LogP contribution in [0.4, 0.5) is 5.13 Å². The summed E-state index contributed by atoms with van der Waals surface area (Å²) in [7, 11) is 0. The standard InChI is InChI=1S/C13H14BrN3OS2/c1-8(2)7-12-16-17-13(20-12)15-11(18)6-4-9-3-5-10(14)19-9/h3-6,8H,7H2,1-2H3,(H,15,17,18)/b6-4+. The fourth-order valence-corrected chi connectivity index (χ4v) is 3.74. The minimum absolute atomic E-state index is 0.193. The molecular weight excluding hydrogens is 358 g/mol. The zero-order valence-electron chi connectivity index (χ0n) is 11.1. The number of thiophene rings is 1. The van der Waals surface area contributed by atoms with Gasteiger partial charge >= 0.3 is 0 Å². The van der Waals surface area contributed by atoms with Gasteiger partial charge in [0.15, 0.2) is 0 Å². The smallest absolute Gasteiger partial charge is 0.250 e. The first-order chi connectivity index (χ1) is 9.52. The summed E-state index contributed by atoms with van der Waals surface area (Å²) in [6.07, 6.45) is 4.16. The van der Waals surface area contributed by atoms with Crippen LogP contribution >= 0.6 is 38.6 Å². The first-order valence-corrected chi connectivity index (χ1v) is 8.52. The molecule has 4 nitrogen and oxygen atoms in total. The molecule has 0 spiro atoms. The summed E-state index contributed by atoms with van der Waals surface area (Å²) in [5.74, 6) is 0.338. The SMILES string of the molecule is CC(C)Cc1nnc(NC(=O)/C=C/c2ccc(Br)s2)s1. The van der Waals surface area contributed by atoms with Crippen molar-refractivity contribution in [3.63, 3.8) is 0 Å². The highest BCUT2D eigenvalue weighted by atomic mass is 79.9. The van der Waals surface area contributed by atoms with E-state index in [0.717, 1.165) is 20.1 Å². The molecule has 0 aliphatic heterocycles. The number of amides is 1. The molecule has 2 heterocycles. The van der Waals surface area contributed by atoms with Crippen LogP contribution in [0, 0.1) is 5.92 Å². The molecule has 0 aliphatic rings. The molecule has 0 aliphatic carbocycles. The van der Waals surface area contributed by atoms with Crippen molar-refractivity contribution in [3.8, 4) is 0 Å². The predicted molar refractivity (Wildman–Crippen MR) is 88.1 cm³/mol. The van der Waals surface area contributed by atoms with Crippen molar-refractivity contribution in [1.82, 2.24) is 10.2 Å².